The molecule has 0 radical (unpaired) electrons. The zero-order valence-electron chi connectivity index (χ0n) is 8.54. The van der Waals surface area contributed by atoms with Gasteiger partial charge in [0.1, 0.15) is 0 Å². The predicted octanol–water partition coefficient (Wildman–Crippen LogP) is 2.08. The lowest BCUT2D eigenvalue weighted by Gasteiger charge is -2.37. The van der Waals surface area contributed by atoms with E-state index in [0.29, 0.717) is 18.1 Å². The molecule has 4 atom stereocenters. The van der Waals surface area contributed by atoms with Crippen LogP contribution in [0.4, 0.5) is 0 Å². The fraction of sp³-hybridized carbons (Fsp3) is 1.00. The first kappa shape index (κ1) is 10.0. The molecule has 4 unspecified atom stereocenters. The van der Waals surface area contributed by atoms with Gasteiger partial charge in [-0.1, -0.05) is 13.8 Å². The summed E-state index contributed by atoms with van der Waals surface area (Å²) in [5.74, 6) is 1.44. The van der Waals surface area contributed by atoms with Crippen molar-refractivity contribution in [2.24, 2.45) is 11.8 Å². The van der Waals surface area contributed by atoms with E-state index in [9.17, 15) is 0 Å². The second-order valence-electron chi connectivity index (χ2n) is 3.99. The van der Waals surface area contributed by atoms with Gasteiger partial charge < -0.3 is 9.47 Å². The number of hydrogen-bond acceptors (Lipinski definition) is 2. The van der Waals surface area contributed by atoms with Crippen molar-refractivity contribution in [3.8, 4) is 0 Å². The molecule has 2 nitrogen and oxygen atoms in total. The third kappa shape index (κ3) is 2.20. The molecule has 0 amide bonds. The number of rotatable bonds is 2. The summed E-state index contributed by atoms with van der Waals surface area (Å²) < 4.78 is 10.9. The molecular weight excluding hydrogens is 152 g/mol. The van der Waals surface area contributed by atoms with Crippen LogP contribution in [0.25, 0.3) is 0 Å². The summed E-state index contributed by atoms with van der Waals surface area (Å²) in [5.41, 5.74) is 0. The zero-order chi connectivity index (χ0) is 9.14. The van der Waals surface area contributed by atoms with E-state index in [1.165, 1.54) is 0 Å². The Hall–Kier alpha value is -0.0800. The molecule has 2 heteroatoms. The summed E-state index contributed by atoms with van der Waals surface area (Å²) in [7, 11) is 1.73. The average Bonchev–Trinajstić information content (AvgIpc) is 2.01. The third-order valence-electron chi connectivity index (χ3n) is 3.03. The molecule has 72 valence electrons. The lowest BCUT2D eigenvalue weighted by Crippen LogP contribution is -2.39. The maximum atomic E-state index is 5.78. The highest BCUT2D eigenvalue weighted by molar-refractivity contribution is 4.78. The van der Waals surface area contributed by atoms with Crippen molar-refractivity contribution < 1.29 is 9.47 Å². The monoisotopic (exact) mass is 172 g/mol. The van der Waals surface area contributed by atoms with E-state index in [4.69, 9.17) is 9.47 Å². The SMILES string of the molecule is COCC1CC(C)C(C)C(C)O1. The Morgan fingerprint density at radius 2 is 2.00 bits per heavy atom. The van der Waals surface area contributed by atoms with Crippen LogP contribution in [-0.2, 0) is 9.47 Å². The van der Waals surface area contributed by atoms with Gasteiger partial charge >= 0.3 is 0 Å². The fourth-order valence-corrected chi connectivity index (χ4v) is 1.87. The molecule has 0 aliphatic carbocycles. The van der Waals surface area contributed by atoms with Gasteiger partial charge in [0.05, 0.1) is 18.8 Å². The van der Waals surface area contributed by atoms with Crippen molar-refractivity contribution >= 4 is 0 Å². The van der Waals surface area contributed by atoms with Gasteiger partial charge in [0, 0.05) is 7.11 Å². The summed E-state index contributed by atoms with van der Waals surface area (Å²) in [5, 5.41) is 0. The Labute approximate surface area is 75.2 Å². The fourth-order valence-electron chi connectivity index (χ4n) is 1.87. The molecule has 0 bridgehead atoms. The molecule has 1 heterocycles. The van der Waals surface area contributed by atoms with Crippen LogP contribution >= 0.6 is 0 Å². The first-order valence-electron chi connectivity index (χ1n) is 4.79. The van der Waals surface area contributed by atoms with Crippen LogP contribution in [0.3, 0.4) is 0 Å². The summed E-state index contributed by atoms with van der Waals surface area (Å²) in [6, 6.07) is 0. The number of methoxy groups -OCH3 is 1. The van der Waals surface area contributed by atoms with Gasteiger partial charge in [-0.2, -0.15) is 0 Å². The Kier molecular flexibility index (Phi) is 3.53. The molecule has 0 N–H and O–H groups in total. The van der Waals surface area contributed by atoms with Crippen molar-refractivity contribution in [3.63, 3.8) is 0 Å². The molecule has 0 aromatic rings. The summed E-state index contributed by atoms with van der Waals surface area (Å²) in [4.78, 5) is 0. The summed E-state index contributed by atoms with van der Waals surface area (Å²) in [6.45, 7) is 7.45. The van der Waals surface area contributed by atoms with Crippen molar-refractivity contribution in [3.05, 3.63) is 0 Å². The maximum Gasteiger partial charge on any atom is 0.0814 e. The summed E-state index contributed by atoms with van der Waals surface area (Å²) in [6.07, 6.45) is 1.84. The van der Waals surface area contributed by atoms with Crippen LogP contribution in [0.2, 0.25) is 0 Å². The van der Waals surface area contributed by atoms with Crippen molar-refractivity contribution in [2.75, 3.05) is 13.7 Å². The van der Waals surface area contributed by atoms with Gasteiger partial charge in [-0.3, -0.25) is 0 Å². The van der Waals surface area contributed by atoms with E-state index in [1.54, 1.807) is 7.11 Å². The quantitative estimate of drug-likeness (QED) is 0.635. The van der Waals surface area contributed by atoms with Crippen LogP contribution in [0.1, 0.15) is 27.2 Å². The van der Waals surface area contributed by atoms with E-state index in [2.05, 4.69) is 20.8 Å². The van der Waals surface area contributed by atoms with Gasteiger partial charge in [-0.15, -0.1) is 0 Å². The Morgan fingerprint density at radius 3 is 2.50 bits per heavy atom. The van der Waals surface area contributed by atoms with Crippen molar-refractivity contribution in [2.45, 2.75) is 39.4 Å². The summed E-state index contributed by atoms with van der Waals surface area (Å²) >= 11 is 0. The van der Waals surface area contributed by atoms with E-state index in [1.807, 2.05) is 0 Å². The highest BCUT2D eigenvalue weighted by Gasteiger charge is 2.30. The van der Waals surface area contributed by atoms with Crippen molar-refractivity contribution in [1.82, 2.24) is 0 Å². The van der Waals surface area contributed by atoms with Gasteiger partial charge in [-0.05, 0) is 25.2 Å². The van der Waals surface area contributed by atoms with Crippen LogP contribution < -0.4 is 0 Å². The van der Waals surface area contributed by atoms with E-state index in [-0.39, 0.29) is 0 Å². The second-order valence-corrected chi connectivity index (χ2v) is 3.99. The lowest BCUT2D eigenvalue weighted by molar-refractivity contribution is -0.113. The molecular formula is C10H20O2. The van der Waals surface area contributed by atoms with Gasteiger partial charge in [0.25, 0.3) is 0 Å². The molecule has 1 fully saturated rings. The van der Waals surface area contributed by atoms with Gasteiger partial charge in [-0.25, -0.2) is 0 Å². The molecule has 1 saturated heterocycles. The Balaban J connectivity index is 2.42. The van der Waals surface area contributed by atoms with E-state index < -0.39 is 0 Å². The second kappa shape index (κ2) is 4.24. The minimum absolute atomic E-state index is 0.316. The van der Waals surface area contributed by atoms with Gasteiger partial charge in [0.2, 0.25) is 0 Å². The minimum Gasteiger partial charge on any atom is -0.382 e. The molecule has 0 saturated carbocycles. The Morgan fingerprint density at radius 1 is 1.33 bits per heavy atom. The number of hydrogen-bond donors (Lipinski definition) is 0. The van der Waals surface area contributed by atoms with Crippen LogP contribution in [0.5, 0.6) is 0 Å². The molecule has 1 aliphatic rings. The molecule has 0 aromatic heterocycles. The maximum absolute atomic E-state index is 5.78. The first-order chi connectivity index (χ1) is 5.65. The van der Waals surface area contributed by atoms with Crippen LogP contribution in [0.15, 0.2) is 0 Å². The van der Waals surface area contributed by atoms with Gasteiger partial charge in [0.15, 0.2) is 0 Å². The Bertz CT molecular complexity index is 124. The highest BCUT2D eigenvalue weighted by atomic mass is 16.5. The normalized spacial score (nSPS) is 43.0. The minimum atomic E-state index is 0.316. The molecule has 12 heavy (non-hydrogen) atoms. The molecule has 0 spiro atoms. The first-order valence-corrected chi connectivity index (χ1v) is 4.79. The predicted molar refractivity (Wildman–Crippen MR) is 49.2 cm³/mol. The lowest BCUT2D eigenvalue weighted by atomic mass is 9.84. The zero-order valence-corrected chi connectivity index (χ0v) is 8.54. The van der Waals surface area contributed by atoms with E-state index in [0.717, 1.165) is 18.9 Å². The smallest absolute Gasteiger partial charge is 0.0814 e. The largest absolute Gasteiger partial charge is 0.382 e. The standard InChI is InChI=1S/C10H20O2/c1-7-5-10(6-11-4)12-9(3)8(7)2/h7-10H,5-6H2,1-4H3. The average molecular weight is 172 g/mol. The molecule has 1 aliphatic heterocycles. The van der Waals surface area contributed by atoms with E-state index >= 15 is 0 Å². The highest BCUT2D eigenvalue weighted by Crippen LogP contribution is 2.29. The van der Waals surface area contributed by atoms with Crippen LogP contribution in [-0.4, -0.2) is 25.9 Å². The topological polar surface area (TPSA) is 18.5 Å². The number of ether oxygens (including phenoxy) is 2. The molecule has 1 rings (SSSR count). The molecule has 0 aromatic carbocycles. The third-order valence-corrected chi connectivity index (χ3v) is 3.03. The van der Waals surface area contributed by atoms with Crippen molar-refractivity contribution in [1.29, 1.82) is 0 Å². The van der Waals surface area contributed by atoms with Crippen LogP contribution in [0, 0.1) is 11.8 Å².